The van der Waals surface area contributed by atoms with Crippen LogP contribution < -0.4 is 5.32 Å². The highest BCUT2D eigenvalue weighted by Crippen LogP contribution is 2.19. The van der Waals surface area contributed by atoms with Crippen molar-refractivity contribution < 1.29 is 0 Å². The van der Waals surface area contributed by atoms with Crippen LogP contribution in [0, 0.1) is 13.8 Å². The molecule has 1 aromatic heterocycles. The van der Waals surface area contributed by atoms with Gasteiger partial charge in [-0.3, -0.25) is 0 Å². The summed E-state index contributed by atoms with van der Waals surface area (Å²) in [5, 5.41) is 3.61. The molecular formula is C17H25N3. The molecule has 0 aliphatic carbocycles. The molecule has 1 N–H and O–H groups in total. The fourth-order valence-electron chi connectivity index (χ4n) is 2.38. The normalized spacial score (nSPS) is 12.6. The van der Waals surface area contributed by atoms with Crippen LogP contribution in [0.15, 0.2) is 30.7 Å². The molecular weight excluding hydrogens is 246 g/mol. The van der Waals surface area contributed by atoms with Crippen molar-refractivity contribution in [2.75, 3.05) is 6.54 Å². The summed E-state index contributed by atoms with van der Waals surface area (Å²) in [6, 6.07) is 7.02. The molecule has 0 fully saturated rings. The van der Waals surface area contributed by atoms with Crippen LogP contribution in [-0.2, 0) is 13.5 Å². The standard InChI is InChI=1S/C17H25N3/c1-5-8-18-16(17-11-20(4)12-19-17)10-15-7-6-13(2)14(3)9-15/h6-7,9,11-12,16,18H,5,8,10H2,1-4H3. The highest BCUT2D eigenvalue weighted by Gasteiger charge is 2.14. The smallest absolute Gasteiger partial charge is 0.0947 e. The first kappa shape index (κ1) is 14.8. The summed E-state index contributed by atoms with van der Waals surface area (Å²) in [6.07, 6.45) is 6.10. The number of hydrogen-bond acceptors (Lipinski definition) is 2. The number of rotatable bonds is 6. The van der Waals surface area contributed by atoms with Crippen molar-refractivity contribution in [1.29, 1.82) is 0 Å². The van der Waals surface area contributed by atoms with Gasteiger partial charge in [-0.05, 0) is 49.9 Å². The van der Waals surface area contributed by atoms with Crippen molar-refractivity contribution >= 4 is 0 Å². The van der Waals surface area contributed by atoms with E-state index in [0.29, 0.717) is 6.04 Å². The second-order valence-corrected chi connectivity index (χ2v) is 5.59. The first-order valence-corrected chi connectivity index (χ1v) is 7.37. The van der Waals surface area contributed by atoms with E-state index in [9.17, 15) is 0 Å². The topological polar surface area (TPSA) is 29.9 Å². The van der Waals surface area contributed by atoms with Crippen molar-refractivity contribution in [2.24, 2.45) is 7.05 Å². The molecule has 0 radical (unpaired) electrons. The van der Waals surface area contributed by atoms with Crippen molar-refractivity contribution in [3.63, 3.8) is 0 Å². The Morgan fingerprint density at radius 1 is 1.25 bits per heavy atom. The third-order valence-electron chi connectivity index (χ3n) is 3.73. The van der Waals surface area contributed by atoms with Crippen molar-refractivity contribution in [2.45, 2.75) is 39.7 Å². The Bertz CT molecular complexity index is 557. The van der Waals surface area contributed by atoms with Crippen LogP contribution in [-0.4, -0.2) is 16.1 Å². The van der Waals surface area contributed by atoms with E-state index in [4.69, 9.17) is 0 Å². The lowest BCUT2D eigenvalue weighted by atomic mass is 9.99. The fourth-order valence-corrected chi connectivity index (χ4v) is 2.38. The summed E-state index contributed by atoms with van der Waals surface area (Å²) in [7, 11) is 2.02. The Labute approximate surface area is 122 Å². The third kappa shape index (κ3) is 3.70. The average Bonchev–Trinajstić information content (AvgIpc) is 2.85. The first-order chi connectivity index (χ1) is 9.60. The van der Waals surface area contributed by atoms with Crippen molar-refractivity contribution in [3.05, 3.63) is 53.1 Å². The predicted molar refractivity (Wildman–Crippen MR) is 83.9 cm³/mol. The zero-order valence-corrected chi connectivity index (χ0v) is 13.0. The van der Waals surface area contributed by atoms with Crippen LogP contribution in [0.4, 0.5) is 0 Å². The number of nitrogens with zero attached hydrogens (tertiary/aromatic N) is 2. The number of imidazole rings is 1. The Balaban J connectivity index is 2.16. The highest BCUT2D eigenvalue weighted by atomic mass is 15.0. The molecule has 0 aliphatic rings. The molecule has 0 amide bonds. The molecule has 108 valence electrons. The van der Waals surface area contributed by atoms with Gasteiger partial charge in [-0.2, -0.15) is 0 Å². The number of aryl methyl sites for hydroxylation is 3. The van der Waals surface area contributed by atoms with Gasteiger partial charge in [0, 0.05) is 13.2 Å². The maximum absolute atomic E-state index is 4.51. The molecule has 3 nitrogen and oxygen atoms in total. The molecule has 20 heavy (non-hydrogen) atoms. The summed E-state index contributed by atoms with van der Waals surface area (Å²) in [4.78, 5) is 4.51. The van der Waals surface area contributed by atoms with Gasteiger partial charge in [0.05, 0.1) is 18.1 Å². The molecule has 0 bridgehead atoms. The Kier molecular flexibility index (Phi) is 4.96. The van der Waals surface area contributed by atoms with Gasteiger partial charge in [-0.15, -0.1) is 0 Å². The van der Waals surface area contributed by atoms with Crippen LogP contribution in [0.2, 0.25) is 0 Å². The van der Waals surface area contributed by atoms with Crippen LogP contribution in [0.25, 0.3) is 0 Å². The largest absolute Gasteiger partial charge is 0.340 e. The van der Waals surface area contributed by atoms with E-state index in [0.717, 1.165) is 25.1 Å². The van der Waals surface area contributed by atoms with Gasteiger partial charge >= 0.3 is 0 Å². The first-order valence-electron chi connectivity index (χ1n) is 7.37. The van der Waals surface area contributed by atoms with Crippen LogP contribution in [0.5, 0.6) is 0 Å². The molecule has 3 heteroatoms. The van der Waals surface area contributed by atoms with E-state index in [1.54, 1.807) is 0 Å². The number of hydrogen-bond donors (Lipinski definition) is 1. The van der Waals surface area contributed by atoms with E-state index in [1.165, 1.54) is 16.7 Å². The van der Waals surface area contributed by atoms with Gasteiger partial charge in [0.15, 0.2) is 0 Å². The lowest BCUT2D eigenvalue weighted by molar-refractivity contribution is 0.519. The summed E-state index contributed by atoms with van der Waals surface area (Å²) >= 11 is 0. The molecule has 2 rings (SSSR count). The van der Waals surface area contributed by atoms with Crippen LogP contribution in [0.3, 0.4) is 0 Å². The number of nitrogens with one attached hydrogen (secondary N) is 1. The summed E-state index contributed by atoms with van der Waals surface area (Å²) in [6.45, 7) is 7.54. The maximum Gasteiger partial charge on any atom is 0.0947 e. The van der Waals surface area contributed by atoms with E-state index in [2.05, 4.69) is 55.5 Å². The zero-order chi connectivity index (χ0) is 14.5. The summed E-state index contributed by atoms with van der Waals surface area (Å²) in [5.74, 6) is 0. The van der Waals surface area contributed by atoms with E-state index >= 15 is 0 Å². The number of aromatic nitrogens is 2. The van der Waals surface area contributed by atoms with Gasteiger partial charge in [0.2, 0.25) is 0 Å². The Morgan fingerprint density at radius 2 is 2.05 bits per heavy atom. The average molecular weight is 271 g/mol. The van der Waals surface area contributed by atoms with Crippen molar-refractivity contribution in [1.82, 2.24) is 14.9 Å². The quantitative estimate of drug-likeness (QED) is 0.873. The monoisotopic (exact) mass is 271 g/mol. The molecule has 2 aromatic rings. The minimum absolute atomic E-state index is 0.290. The fraction of sp³-hybridized carbons (Fsp3) is 0.471. The van der Waals surface area contributed by atoms with E-state index in [1.807, 2.05) is 17.9 Å². The molecule has 1 unspecified atom stereocenters. The molecule has 0 saturated heterocycles. The second kappa shape index (κ2) is 6.71. The molecule has 1 heterocycles. The summed E-state index contributed by atoms with van der Waals surface area (Å²) in [5.41, 5.74) is 5.20. The third-order valence-corrected chi connectivity index (χ3v) is 3.73. The Morgan fingerprint density at radius 3 is 2.65 bits per heavy atom. The molecule has 0 spiro atoms. The second-order valence-electron chi connectivity index (χ2n) is 5.59. The van der Waals surface area contributed by atoms with Gasteiger partial charge in [0.1, 0.15) is 0 Å². The summed E-state index contributed by atoms with van der Waals surface area (Å²) < 4.78 is 2.01. The van der Waals surface area contributed by atoms with Gasteiger partial charge < -0.3 is 9.88 Å². The maximum atomic E-state index is 4.51. The Hall–Kier alpha value is -1.61. The van der Waals surface area contributed by atoms with Gasteiger partial charge in [-0.1, -0.05) is 25.1 Å². The zero-order valence-electron chi connectivity index (χ0n) is 13.0. The lowest BCUT2D eigenvalue weighted by Crippen LogP contribution is -2.24. The highest BCUT2D eigenvalue weighted by molar-refractivity contribution is 5.31. The van der Waals surface area contributed by atoms with Crippen LogP contribution in [0.1, 0.15) is 41.8 Å². The molecule has 1 atom stereocenters. The lowest BCUT2D eigenvalue weighted by Gasteiger charge is -2.17. The predicted octanol–water partition coefficient (Wildman–Crippen LogP) is 3.32. The molecule has 1 aromatic carbocycles. The van der Waals surface area contributed by atoms with E-state index in [-0.39, 0.29) is 0 Å². The van der Waals surface area contributed by atoms with Gasteiger partial charge in [-0.25, -0.2) is 4.98 Å². The minimum atomic E-state index is 0.290. The van der Waals surface area contributed by atoms with E-state index < -0.39 is 0 Å². The van der Waals surface area contributed by atoms with Crippen LogP contribution >= 0.6 is 0 Å². The molecule has 0 saturated carbocycles. The minimum Gasteiger partial charge on any atom is -0.340 e. The SMILES string of the molecule is CCCNC(Cc1ccc(C)c(C)c1)c1cn(C)cn1. The van der Waals surface area contributed by atoms with Gasteiger partial charge in [0.25, 0.3) is 0 Å². The number of benzene rings is 1. The molecule has 0 aliphatic heterocycles. The van der Waals surface area contributed by atoms with Crippen molar-refractivity contribution in [3.8, 4) is 0 Å².